The molecule has 0 radical (unpaired) electrons. The summed E-state index contributed by atoms with van der Waals surface area (Å²) < 4.78 is 28.2. The van der Waals surface area contributed by atoms with Gasteiger partial charge < -0.3 is 0 Å². The fourth-order valence-corrected chi connectivity index (χ4v) is 4.89. The van der Waals surface area contributed by atoms with E-state index in [1.165, 1.54) is 17.4 Å². The second kappa shape index (κ2) is 4.88. The lowest BCUT2D eigenvalue weighted by Gasteiger charge is -2.14. The zero-order valence-corrected chi connectivity index (χ0v) is 13.7. The molecule has 4 rings (SSSR count). The Bertz CT molecular complexity index is 854. The number of fused-ring (bicyclic) bond motifs is 5. The van der Waals surface area contributed by atoms with Gasteiger partial charge in [-0.3, -0.25) is 0 Å². The molecule has 0 N–H and O–H groups in total. The lowest BCUT2D eigenvalue weighted by molar-refractivity contribution is 0.510. The van der Waals surface area contributed by atoms with Gasteiger partial charge in [-0.2, -0.15) is 0 Å². The van der Waals surface area contributed by atoms with Crippen LogP contribution in [0.2, 0.25) is 0 Å². The van der Waals surface area contributed by atoms with Crippen molar-refractivity contribution in [3.63, 3.8) is 0 Å². The fraction of sp³-hybridized carbons (Fsp3) is 0.0588. The molecule has 0 spiro atoms. The topological polar surface area (TPSA) is 0 Å². The van der Waals surface area contributed by atoms with Gasteiger partial charge in [0.25, 0.3) is 0 Å². The molecule has 1 unspecified atom stereocenters. The molecule has 1 aliphatic carbocycles. The van der Waals surface area contributed by atoms with Crippen LogP contribution in [-0.4, -0.2) is 0 Å². The predicted molar refractivity (Wildman–Crippen MR) is 91.0 cm³/mol. The Hall–Kier alpha value is -1.27. The molecule has 0 fully saturated rings. The average molecular weight is 410 g/mol. The Balaban J connectivity index is 2.17. The van der Waals surface area contributed by atoms with E-state index in [0.29, 0.717) is 5.56 Å². The largest absolute Gasteiger partial charge is 0.204 e. The van der Waals surface area contributed by atoms with E-state index in [0.717, 1.165) is 27.1 Å². The van der Waals surface area contributed by atoms with Gasteiger partial charge in [-0.25, -0.2) is 8.78 Å². The minimum Gasteiger partial charge on any atom is -0.204 e. The summed E-state index contributed by atoms with van der Waals surface area (Å²) in [6.45, 7) is 0. The van der Waals surface area contributed by atoms with Crippen LogP contribution in [0.3, 0.4) is 0 Å². The van der Waals surface area contributed by atoms with Crippen LogP contribution < -0.4 is 0 Å². The molecule has 0 aliphatic heterocycles. The summed E-state index contributed by atoms with van der Waals surface area (Å²) in [5, 5.41) is 1.93. The van der Waals surface area contributed by atoms with Crippen molar-refractivity contribution in [3.05, 3.63) is 70.6 Å². The Labute approximate surface area is 138 Å². The van der Waals surface area contributed by atoms with Crippen molar-refractivity contribution in [2.75, 3.05) is 0 Å². The van der Waals surface area contributed by atoms with Gasteiger partial charge in [0.15, 0.2) is 11.6 Å². The van der Waals surface area contributed by atoms with E-state index in [1.54, 1.807) is 6.07 Å². The quantitative estimate of drug-likeness (QED) is 0.306. The van der Waals surface area contributed by atoms with Crippen LogP contribution in [0.15, 0.2) is 47.8 Å². The maximum absolute atomic E-state index is 14.4. The van der Waals surface area contributed by atoms with Crippen molar-refractivity contribution in [1.82, 2.24) is 0 Å². The minimum atomic E-state index is -0.789. The van der Waals surface area contributed by atoms with Crippen molar-refractivity contribution in [2.45, 2.75) is 3.92 Å². The number of rotatable bonds is 0. The molecule has 0 nitrogen and oxygen atoms in total. The first-order chi connectivity index (χ1) is 10.2. The third kappa shape index (κ3) is 1.89. The molecular formula is C17H9F2IS. The van der Waals surface area contributed by atoms with Gasteiger partial charge in [0.1, 0.15) is 0 Å². The molecular weight excluding hydrogens is 401 g/mol. The molecule has 1 aliphatic rings. The van der Waals surface area contributed by atoms with Crippen LogP contribution in [0.4, 0.5) is 8.78 Å². The van der Waals surface area contributed by atoms with E-state index in [1.807, 2.05) is 29.6 Å². The van der Waals surface area contributed by atoms with E-state index in [2.05, 4.69) is 28.7 Å². The first-order valence-corrected chi connectivity index (χ1v) is 8.60. The molecule has 3 aromatic rings. The van der Waals surface area contributed by atoms with Gasteiger partial charge in [-0.1, -0.05) is 52.9 Å². The summed E-state index contributed by atoms with van der Waals surface area (Å²) in [5.74, 6) is -1.53. The SMILES string of the molecule is Fc1ccc2c(c1F)-c1sccc1-c1ccccc1C2I. The number of alkyl halides is 1. The summed E-state index contributed by atoms with van der Waals surface area (Å²) in [4.78, 5) is 0.814. The van der Waals surface area contributed by atoms with E-state index in [-0.39, 0.29) is 3.92 Å². The summed E-state index contributed by atoms with van der Waals surface area (Å²) in [6, 6.07) is 13.0. The Morgan fingerprint density at radius 2 is 1.71 bits per heavy atom. The van der Waals surface area contributed by atoms with Crippen molar-refractivity contribution < 1.29 is 8.78 Å². The molecule has 0 saturated heterocycles. The molecule has 2 aromatic carbocycles. The van der Waals surface area contributed by atoms with Crippen LogP contribution in [0.1, 0.15) is 15.1 Å². The lowest BCUT2D eigenvalue weighted by atomic mass is 9.99. The van der Waals surface area contributed by atoms with Gasteiger partial charge >= 0.3 is 0 Å². The Morgan fingerprint density at radius 3 is 2.57 bits per heavy atom. The van der Waals surface area contributed by atoms with Crippen molar-refractivity contribution >= 4 is 33.9 Å². The Kier molecular flexibility index (Phi) is 3.11. The van der Waals surface area contributed by atoms with E-state index < -0.39 is 11.6 Å². The second-order valence-electron chi connectivity index (χ2n) is 4.94. The molecule has 1 atom stereocenters. The zero-order valence-electron chi connectivity index (χ0n) is 10.7. The van der Waals surface area contributed by atoms with Crippen LogP contribution in [0, 0.1) is 11.6 Å². The first kappa shape index (κ1) is 13.4. The van der Waals surface area contributed by atoms with Crippen LogP contribution in [0.25, 0.3) is 21.6 Å². The van der Waals surface area contributed by atoms with Crippen LogP contribution in [-0.2, 0) is 0 Å². The fourth-order valence-electron chi connectivity index (χ4n) is 2.85. The van der Waals surface area contributed by atoms with Crippen molar-refractivity contribution in [1.29, 1.82) is 0 Å². The molecule has 4 heteroatoms. The Morgan fingerprint density at radius 1 is 0.905 bits per heavy atom. The molecule has 104 valence electrons. The molecule has 1 aromatic heterocycles. The molecule has 0 amide bonds. The standard InChI is InChI=1S/C17H9F2IS/c18-13-6-5-12-14(15(13)19)17-11(7-8-21-17)9-3-1-2-4-10(9)16(12)20/h1-8,16H. The van der Waals surface area contributed by atoms with Gasteiger partial charge in [-0.05, 0) is 34.2 Å². The van der Waals surface area contributed by atoms with Gasteiger partial charge in [0, 0.05) is 16.0 Å². The first-order valence-electron chi connectivity index (χ1n) is 6.47. The van der Waals surface area contributed by atoms with Crippen LogP contribution >= 0.6 is 33.9 Å². The maximum atomic E-state index is 14.4. The molecule has 0 bridgehead atoms. The number of halogens is 3. The van der Waals surface area contributed by atoms with E-state index in [4.69, 9.17) is 0 Å². The summed E-state index contributed by atoms with van der Waals surface area (Å²) in [7, 11) is 0. The highest BCUT2D eigenvalue weighted by Crippen LogP contribution is 2.50. The highest BCUT2D eigenvalue weighted by molar-refractivity contribution is 14.1. The number of hydrogen-bond acceptors (Lipinski definition) is 1. The summed E-state index contributed by atoms with van der Waals surface area (Å²) in [6.07, 6.45) is 0. The second-order valence-corrected chi connectivity index (χ2v) is 7.10. The monoisotopic (exact) mass is 410 g/mol. The number of thiophene rings is 1. The van der Waals surface area contributed by atoms with Crippen molar-refractivity contribution in [2.24, 2.45) is 0 Å². The average Bonchev–Trinajstić information content (AvgIpc) is 2.94. The number of benzene rings is 2. The lowest BCUT2D eigenvalue weighted by Crippen LogP contribution is -1.98. The third-order valence-corrected chi connectivity index (χ3v) is 6.09. The van der Waals surface area contributed by atoms with Crippen LogP contribution in [0.5, 0.6) is 0 Å². The normalized spacial score (nSPS) is 15.9. The zero-order chi connectivity index (χ0) is 14.6. The highest BCUT2D eigenvalue weighted by Gasteiger charge is 2.29. The van der Waals surface area contributed by atoms with E-state index >= 15 is 0 Å². The molecule has 0 saturated carbocycles. The molecule has 21 heavy (non-hydrogen) atoms. The predicted octanol–water partition coefficient (Wildman–Crippen LogP) is 6.20. The van der Waals surface area contributed by atoms with E-state index in [9.17, 15) is 8.78 Å². The third-order valence-electron chi connectivity index (χ3n) is 3.82. The van der Waals surface area contributed by atoms with Crippen molar-refractivity contribution in [3.8, 4) is 21.6 Å². The summed E-state index contributed by atoms with van der Waals surface area (Å²) >= 11 is 3.76. The summed E-state index contributed by atoms with van der Waals surface area (Å²) in [5.41, 5.74) is 4.48. The highest BCUT2D eigenvalue weighted by atomic mass is 127. The van der Waals surface area contributed by atoms with Gasteiger partial charge in [-0.15, -0.1) is 11.3 Å². The van der Waals surface area contributed by atoms with Gasteiger partial charge in [0.2, 0.25) is 0 Å². The minimum absolute atomic E-state index is 0.00324. The molecule has 1 heterocycles. The smallest absolute Gasteiger partial charge is 0.167 e. The van der Waals surface area contributed by atoms with Gasteiger partial charge in [0.05, 0.1) is 3.92 Å². The maximum Gasteiger partial charge on any atom is 0.167 e. The number of hydrogen-bond donors (Lipinski definition) is 0.